The van der Waals surface area contributed by atoms with Gasteiger partial charge in [0.15, 0.2) is 16.6 Å². The zero-order valence-corrected chi connectivity index (χ0v) is 19.2. The monoisotopic (exact) mass is 467 g/mol. The van der Waals surface area contributed by atoms with Crippen LogP contribution in [0.4, 0.5) is 5.13 Å². The van der Waals surface area contributed by atoms with Crippen LogP contribution in [0.25, 0.3) is 17.3 Å². The Morgan fingerprint density at radius 1 is 1.06 bits per heavy atom. The van der Waals surface area contributed by atoms with E-state index < -0.39 is 5.91 Å². The lowest BCUT2D eigenvalue weighted by molar-refractivity contribution is -0.112. The molecule has 0 atom stereocenters. The minimum Gasteiger partial charge on any atom is -0.493 e. The van der Waals surface area contributed by atoms with Gasteiger partial charge in [0.1, 0.15) is 18.2 Å². The van der Waals surface area contributed by atoms with Crippen LogP contribution in [0, 0.1) is 11.3 Å². The summed E-state index contributed by atoms with van der Waals surface area (Å²) in [6.45, 7) is 0.400. The van der Waals surface area contributed by atoms with Crippen LogP contribution >= 0.6 is 11.3 Å². The van der Waals surface area contributed by atoms with E-state index in [1.807, 2.05) is 72.1 Å². The molecule has 1 amide bonds. The predicted molar refractivity (Wildman–Crippen MR) is 134 cm³/mol. The largest absolute Gasteiger partial charge is 0.493 e. The number of nitriles is 1. The molecule has 7 heteroatoms. The molecule has 6 nitrogen and oxygen atoms in total. The van der Waals surface area contributed by atoms with Crippen molar-refractivity contribution >= 4 is 28.5 Å². The smallest absolute Gasteiger partial charge is 0.268 e. The van der Waals surface area contributed by atoms with Gasteiger partial charge in [-0.2, -0.15) is 5.26 Å². The van der Waals surface area contributed by atoms with E-state index in [0.717, 1.165) is 16.8 Å². The van der Waals surface area contributed by atoms with Crippen LogP contribution < -0.4 is 14.8 Å². The molecule has 0 aliphatic carbocycles. The molecule has 0 radical (unpaired) electrons. The maximum absolute atomic E-state index is 12.7. The van der Waals surface area contributed by atoms with Crippen molar-refractivity contribution in [1.29, 1.82) is 5.26 Å². The number of rotatable bonds is 8. The van der Waals surface area contributed by atoms with Gasteiger partial charge in [0.25, 0.3) is 5.91 Å². The molecule has 1 N–H and O–H groups in total. The van der Waals surface area contributed by atoms with Gasteiger partial charge in [-0.05, 0) is 29.3 Å². The zero-order chi connectivity index (χ0) is 23.8. The number of nitrogens with zero attached hydrogens (tertiary/aromatic N) is 2. The molecule has 0 spiro atoms. The number of amides is 1. The molecule has 0 aliphatic rings. The Morgan fingerprint density at radius 3 is 2.50 bits per heavy atom. The fourth-order valence-corrected chi connectivity index (χ4v) is 3.90. The molecular weight excluding hydrogens is 446 g/mol. The SMILES string of the molecule is COc1cc(/C=C(/C#N)C(=O)Nc2nc(-c3ccccc3)cs2)ccc1OCc1ccccc1. The van der Waals surface area contributed by atoms with Crippen LogP contribution in [-0.4, -0.2) is 18.0 Å². The fourth-order valence-electron chi connectivity index (χ4n) is 3.18. The third kappa shape index (κ3) is 5.68. The Balaban J connectivity index is 1.46. The Hall–Kier alpha value is -4.41. The minimum atomic E-state index is -0.528. The summed E-state index contributed by atoms with van der Waals surface area (Å²) in [6.07, 6.45) is 1.50. The summed E-state index contributed by atoms with van der Waals surface area (Å²) >= 11 is 1.30. The van der Waals surface area contributed by atoms with E-state index >= 15 is 0 Å². The topological polar surface area (TPSA) is 84.2 Å². The van der Waals surface area contributed by atoms with Crippen molar-refractivity contribution in [2.24, 2.45) is 0 Å². The van der Waals surface area contributed by atoms with Gasteiger partial charge >= 0.3 is 0 Å². The lowest BCUT2D eigenvalue weighted by Gasteiger charge is -2.11. The number of nitrogens with one attached hydrogen (secondary N) is 1. The van der Waals surface area contributed by atoms with Gasteiger partial charge in [0, 0.05) is 10.9 Å². The molecule has 0 unspecified atom stereocenters. The molecule has 4 rings (SSSR count). The van der Waals surface area contributed by atoms with Crippen molar-refractivity contribution in [2.75, 3.05) is 12.4 Å². The van der Waals surface area contributed by atoms with Crippen molar-refractivity contribution in [2.45, 2.75) is 6.61 Å². The molecule has 1 heterocycles. The van der Waals surface area contributed by atoms with Gasteiger partial charge in [-0.3, -0.25) is 10.1 Å². The summed E-state index contributed by atoms with van der Waals surface area (Å²) in [7, 11) is 1.54. The first-order valence-corrected chi connectivity index (χ1v) is 11.3. The molecular formula is C27H21N3O3S. The predicted octanol–water partition coefficient (Wildman–Crippen LogP) is 5.94. The maximum atomic E-state index is 12.7. The Kier molecular flexibility index (Phi) is 7.33. The third-order valence-electron chi connectivity index (χ3n) is 4.90. The summed E-state index contributed by atoms with van der Waals surface area (Å²) in [5, 5.41) is 14.5. The lowest BCUT2D eigenvalue weighted by Crippen LogP contribution is -2.13. The molecule has 4 aromatic rings. The summed E-state index contributed by atoms with van der Waals surface area (Å²) in [6, 6.07) is 26.7. The Labute approximate surface area is 201 Å². The number of carbonyl (C=O) groups excluding carboxylic acids is 1. The summed E-state index contributed by atoms with van der Waals surface area (Å²) in [5.41, 5.74) is 3.35. The van der Waals surface area contributed by atoms with Crippen molar-refractivity contribution in [1.82, 2.24) is 4.98 Å². The number of methoxy groups -OCH3 is 1. The van der Waals surface area contributed by atoms with Gasteiger partial charge < -0.3 is 9.47 Å². The van der Waals surface area contributed by atoms with Crippen molar-refractivity contribution in [3.63, 3.8) is 0 Å². The summed E-state index contributed by atoms with van der Waals surface area (Å²) < 4.78 is 11.3. The standard InChI is InChI=1S/C27H21N3O3S/c1-32-25-15-20(12-13-24(25)33-17-19-8-4-2-5-9-19)14-22(16-28)26(31)30-27-29-23(18-34-27)21-10-6-3-7-11-21/h2-15,18H,17H2,1H3,(H,29,30,31)/b22-14-. The van der Waals surface area contributed by atoms with E-state index in [-0.39, 0.29) is 5.57 Å². The first-order chi connectivity index (χ1) is 16.7. The van der Waals surface area contributed by atoms with Gasteiger partial charge in [-0.15, -0.1) is 11.3 Å². The van der Waals surface area contributed by atoms with Crippen LogP contribution in [0.3, 0.4) is 0 Å². The van der Waals surface area contributed by atoms with Crippen LogP contribution in [0.5, 0.6) is 11.5 Å². The Morgan fingerprint density at radius 2 is 1.79 bits per heavy atom. The number of thiazole rings is 1. The molecule has 34 heavy (non-hydrogen) atoms. The second-order valence-corrected chi connectivity index (χ2v) is 8.07. The number of hydrogen-bond acceptors (Lipinski definition) is 6. The molecule has 0 bridgehead atoms. The molecule has 1 aromatic heterocycles. The van der Waals surface area contributed by atoms with E-state index in [2.05, 4.69) is 10.3 Å². The van der Waals surface area contributed by atoms with Crippen LogP contribution in [0.15, 0.2) is 89.8 Å². The molecule has 3 aromatic carbocycles. The second-order valence-electron chi connectivity index (χ2n) is 7.21. The van der Waals surface area contributed by atoms with Gasteiger partial charge in [0.2, 0.25) is 0 Å². The third-order valence-corrected chi connectivity index (χ3v) is 5.65. The highest BCUT2D eigenvalue weighted by Gasteiger charge is 2.14. The normalized spacial score (nSPS) is 10.9. The van der Waals surface area contributed by atoms with Crippen molar-refractivity contribution in [3.8, 4) is 28.8 Å². The van der Waals surface area contributed by atoms with Crippen molar-refractivity contribution in [3.05, 3.63) is 101 Å². The van der Waals surface area contributed by atoms with E-state index in [9.17, 15) is 10.1 Å². The average molecular weight is 468 g/mol. The molecule has 168 valence electrons. The second kappa shape index (κ2) is 10.9. The number of carbonyl (C=O) groups is 1. The zero-order valence-electron chi connectivity index (χ0n) is 18.4. The highest BCUT2D eigenvalue weighted by molar-refractivity contribution is 7.14. The number of benzene rings is 3. The first-order valence-electron chi connectivity index (χ1n) is 10.4. The van der Waals surface area contributed by atoms with Crippen molar-refractivity contribution < 1.29 is 14.3 Å². The quantitative estimate of drug-likeness (QED) is 0.256. The van der Waals surface area contributed by atoms with Crippen LogP contribution in [0.1, 0.15) is 11.1 Å². The molecule has 0 saturated carbocycles. The lowest BCUT2D eigenvalue weighted by atomic mass is 10.1. The molecule has 0 fully saturated rings. The first kappa shape index (κ1) is 22.8. The highest BCUT2D eigenvalue weighted by Crippen LogP contribution is 2.30. The van der Waals surface area contributed by atoms with E-state index in [1.165, 1.54) is 17.4 Å². The van der Waals surface area contributed by atoms with Gasteiger partial charge in [0.05, 0.1) is 12.8 Å². The van der Waals surface area contributed by atoms with Crippen LogP contribution in [0.2, 0.25) is 0 Å². The molecule has 0 saturated heterocycles. The Bertz CT molecular complexity index is 1340. The summed E-state index contributed by atoms with van der Waals surface area (Å²) in [5.74, 6) is 0.553. The number of anilines is 1. The number of hydrogen-bond donors (Lipinski definition) is 1. The maximum Gasteiger partial charge on any atom is 0.268 e. The van der Waals surface area contributed by atoms with Gasteiger partial charge in [-0.1, -0.05) is 66.7 Å². The minimum absolute atomic E-state index is 0.0449. The molecule has 0 aliphatic heterocycles. The summed E-state index contributed by atoms with van der Waals surface area (Å²) in [4.78, 5) is 17.1. The number of aromatic nitrogens is 1. The van der Waals surface area contributed by atoms with Crippen LogP contribution in [-0.2, 0) is 11.4 Å². The van der Waals surface area contributed by atoms with E-state index in [1.54, 1.807) is 25.3 Å². The fraction of sp³-hybridized carbons (Fsp3) is 0.0741. The average Bonchev–Trinajstić information content (AvgIpc) is 3.35. The number of ether oxygens (including phenoxy) is 2. The van der Waals surface area contributed by atoms with E-state index in [4.69, 9.17) is 9.47 Å². The van der Waals surface area contributed by atoms with E-state index in [0.29, 0.717) is 28.8 Å². The highest BCUT2D eigenvalue weighted by atomic mass is 32.1. The van der Waals surface area contributed by atoms with Gasteiger partial charge in [-0.25, -0.2) is 4.98 Å².